The molecule has 0 bridgehead atoms. The number of amides is 1. The van der Waals surface area contributed by atoms with Crippen LogP contribution in [0.4, 0.5) is 5.82 Å². The van der Waals surface area contributed by atoms with Gasteiger partial charge < -0.3 is 9.84 Å². The Hall–Kier alpha value is -3.32. The number of hydrogen-bond acceptors (Lipinski definition) is 5. The van der Waals surface area contributed by atoms with Gasteiger partial charge in [-0.3, -0.25) is 4.79 Å². The maximum Gasteiger partial charge on any atom is 0.279 e. The molecule has 2 aromatic carbocycles. The fourth-order valence-electron chi connectivity index (χ4n) is 3.41. The van der Waals surface area contributed by atoms with E-state index < -0.39 is 0 Å². The number of carbonyl (C=O) groups is 1. The molecule has 0 spiro atoms. The van der Waals surface area contributed by atoms with Gasteiger partial charge in [-0.2, -0.15) is 16.9 Å². The van der Waals surface area contributed by atoms with Crippen LogP contribution >= 0.6 is 11.8 Å². The number of anilines is 1. The number of carbonyl (C=O) groups excluding carboxylic acids is 1. The van der Waals surface area contributed by atoms with Crippen molar-refractivity contribution in [3.8, 4) is 17.0 Å². The van der Waals surface area contributed by atoms with Crippen molar-refractivity contribution in [2.24, 2.45) is 0 Å². The van der Waals surface area contributed by atoms with Gasteiger partial charge >= 0.3 is 0 Å². The van der Waals surface area contributed by atoms with Crippen LogP contribution in [0.1, 0.15) is 27.3 Å². The number of para-hydroxylation sites is 1. The van der Waals surface area contributed by atoms with Crippen molar-refractivity contribution in [2.75, 3.05) is 5.32 Å². The summed E-state index contributed by atoms with van der Waals surface area (Å²) in [5.41, 5.74) is 5.23. The highest BCUT2D eigenvalue weighted by atomic mass is 32.2. The summed E-state index contributed by atoms with van der Waals surface area (Å²) in [4.78, 5) is 12.9. The van der Waals surface area contributed by atoms with E-state index in [0.29, 0.717) is 11.6 Å². The van der Waals surface area contributed by atoms with Crippen molar-refractivity contribution in [1.82, 2.24) is 14.9 Å². The third-order valence-corrected chi connectivity index (χ3v) is 5.90. The molecule has 1 aliphatic heterocycles. The highest BCUT2D eigenvalue weighted by Crippen LogP contribution is 2.36. The molecule has 0 atom stereocenters. The Morgan fingerprint density at radius 1 is 1.10 bits per heavy atom. The molecule has 7 heteroatoms. The molecule has 2 aromatic heterocycles. The van der Waals surface area contributed by atoms with Crippen LogP contribution in [0, 0.1) is 6.92 Å². The quantitative estimate of drug-likeness (QED) is 0.529. The number of benzene rings is 2. The predicted molar refractivity (Wildman–Crippen MR) is 113 cm³/mol. The Morgan fingerprint density at radius 2 is 1.90 bits per heavy atom. The number of aromatic nitrogens is 3. The molecule has 29 heavy (non-hydrogen) atoms. The van der Waals surface area contributed by atoms with E-state index in [-0.39, 0.29) is 11.6 Å². The van der Waals surface area contributed by atoms with Crippen molar-refractivity contribution >= 4 is 23.5 Å². The van der Waals surface area contributed by atoms with Crippen LogP contribution in [-0.4, -0.2) is 20.8 Å². The first kappa shape index (κ1) is 17.8. The summed E-state index contributed by atoms with van der Waals surface area (Å²) >= 11 is 1.79. The van der Waals surface area contributed by atoms with Gasteiger partial charge in [0.2, 0.25) is 0 Å². The number of fused-ring (bicyclic) bond motifs is 1. The van der Waals surface area contributed by atoms with E-state index in [1.54, 1.807) is 17.8 Å². The monoisotopic (exact) mass is 402 g/mol. The second-order valence-electron chi connectivity index (χ2n) is 6.86. The topological polar surface area (TPSA) is 73.0 Å². The van der Waals surface area contributed by atoms with E-state index in [1.165, 1.54) is 0 Å². The molecule has 0 aliphatic carbocycles. The maximum atomic E-state index is 12.9. The Labute approximate surface area is 171 Å². The third kappa shape index (κ3) is 3.23. The van der Waals surface area contributed by atoms with E-state index in [0.717, 1.165) is 39.6 Å². The second kappa shape index (κ2) is 7.25. The molecule has 6 nitrogen and oxygen atoms in total. The normalized spacial score (nSPS) is 12.7. The van der Waals surface area contributed by atoms with Gasteiger partial charge in [0.15, 0.2) is 11.5 Å². The molecule has 1 aliphatic rings. The molecular formula is C22H18N4O2S. The van der Waals surface area contributed by atoms with Gasteiger partial charge in [0.1, 0.15) is 5.82 Å². The fraction of sp³-hybridized carbons (Fsp3) is 0.136. The summed E-state index contributed by atoms with van der Waals surface area (Å²) in [5, 5.41) is 11.7. The second-order valence-corrected chi connectivity index (χ2v) is 7.85. The summed E-state index contributed by atoms with van der Waals surface area (Å²) in [7, 11) is 0. The van der Waals surface area contributed by atoms with Crippen molar-refractivity contribution in [2.45, 2.75) is 18.4 Å². The zero-order valence-corrected chi connectivity index (χ0v) is 16.6. The van der Waals surface area contributed by atoms with E-state index in [1.807, 2.05) is 66.2 Å². The van der Waals surface area contributed by atoms with Crippen LogP contribution in [-0.2, 0) is 11.5 Å². The number of nitrogens with zero attached hydrogens (tertiary/aromatic N) is 3. The highest BCUT2D eigenvalue weighted by Gasteiger charge is 2.26. The molecule has 144 valence electrons. The minimum Gasteiger partial charge on any atom is -0.355 e. The van der Waals surface area contributed by atoms with Crippen LogP contribution in [0.25, 0.3) is 17.0 Å². The smallest absolute Gasteiger partial charge is 0.279 e. The molecule has 1 N–H and O–H groups in total. The first-order valence-corrected chi connectivity index (χ1v) is 10.4. The van der Waals surface area contributed by atoms with Crippen LogP contribution < -0.4 is 5.32 Å². The predicted octanol–water partition coefficient (Wildman–Crippen LogP) is 4.83. The Kier molecular flexibility index (Phi) is 4.44. The first-order valence-electron chi connectivity index (χ1n) is 9.29. The van der Waals surface area contributed by atoms with Crippen molar-refractivity contribution < 1.29 is 9.32 Å². The van der Waals surface area contributed by atoms with Gasteiger partial charge in [-0.25, -0.2) is 4.68 Å². The number of hydrogen-bond donors (Lipinski definition) is 1. The summed E-state index contributed by atoms with van der Waals surface area (Å²) in [6.07, 6.45) is 0. The van der Waals surface area contributed by atoms with E-state index in [2.05, 4.69) is 10.5 Å². The van der Waals surface area contributed by atoms with Crippen LogP contribution in [0.3, 0.4) is 0 Å². The average molecular weight is 402 g/mol. The standard InChI is InChI=1S/C22H18N4O2S/c1-14-7-5-6-10-19(14)26-21(16-12-29-13-18(16)24-26)23-22(27)17-11-20(28-25-17)15-8-3-2-4-9-15/h2-11H,12-13H2,1H3,(H,23,27). The molecule has 0 unspecified atom stereocenters. The molecule has 0 fully saturated rings. The lowest BCUT2D eigenvalue weighted by molar-refractivity contribution is 0.101. The maximum absolute atomic E-state index is 12.9. The summed E-state index contributed by atoms with van der Waals surface area (Å²) in [6, 6.07) is 19.3. The Bertz CT molecular complexity index is 1200. The minimum atomic E-state index is -0.314. The Morgan fingerprint density at radius 3 is 2.72 bits per heavy atom. The highest BCUT2D eigenvalue weighted by molar-refractivity contribution is 7.98. The summed E-state index contributed by atoms with van der Waals surface area (Å²) < 4.78 is 7.21. The van der Waals surface area contributed by atoms with Gasteiger partial charge in [0.05, 0.1) is 11.4 Å². The minimum absolute atomic E-state index is 0.237. The van der Waals surface area contributed by atoms with Crippen LogP contribution in [0.15, 0.2) is 65.2 Å². The number of nitrogens with one attached hydrogen (secondary N) is 1. The zero-order valence-electron chi connectivity index (χ0n) is 15.8. The number of thioether (sulfide) groups is 1. The molecular weight excluding hydrogens is 384 g/mol. The van der Waals surface area contributed by atoms with Crippen LogP contribution in [0.5, 0.6) is 0 Å². The van der Waals surface area contributed by atoms with E-state index in [9.17, 15) is 4.79 Å². The lowest BCUT2D eigenvalue weighted by Gasteiger charge is -2.12. The zero-order chi connectivity index (χ0) is 19.8. The molecule has 4 aromatic rings. The van der Waals surface area contributed by atoms with Crippen molar-refractivity contribution in [3.63, 3.8) is 0 Å². The molecule has 0 radical (unpaired) electrons. The molecule has 1 amide bonds. The first-order chi connectivity index (χ1) is 14.2. The summed E-state index contributed by atoms with van der Waals surface area (Å²) in [5.74, 6) is 2.62. The van der Waals surface area contributed by atoms with E-state index in [4.69, 9.17) is 9.62 Å². The summed E-state index contributed by atoms with van der Waals surface area (Å²) in [6.45, 7) is 2.03. The van der Waals surface area contributed by atoms with Crippen molar-refractivity contribution in [3.05, 3.63) is 83.2 Å². The van der Waals surface area contributed by atoms with Gasteiger partial charge in [-0.1, -0.05) is 53.7 Å². The molecule has 3 heterocycles. The molecule has 0 saturated heterocycles. The molecule has 0 saturated carbocycles. The van der Waals surface area contributed by atoms with E-state index >= 15 is 0 Å². The van der Waals surface area contributed by atoms with Gasteiger partial charge in [0, 0.05) is 28.7 Å². The fourth-order valence-corrected chi connectivity index (χ4v) is 4.44. The Balaban J connectivity index is 1.49. The number of aryl methyl sites for hydroxylation is 1. The molecule has 5 rings (SSSR count). The van der Waals surface area contributed by atoms with Crippen LogP contribution in [0.2, 0.25) is 0 Å². The largest absolute Gasteiger partial charge is 0.355 e. The lowest BCUT2D eigenvalue weighted by atomic mass is 10.1. The third-order valence-electron chi connectivity index (χ3n) is 4.93. The van der Waals surface area contributed by atoms with Gasteiger partial charge in [-0.15, -0.1) is 0 Å². The average Bonchev–Trinajstić information content (AvgIpc) is 3.47. The van der Waals surface area contributed by atoms with Crippen molar-refractivity contribution in [1.29, 1.82) is 0 Å². The lowest BCUT2D eigenvalue weighted by Crippen LogP contribution is -2.16. The number of rotatable bonds is 4. The SMILES string of the molecule is Cc1ccccc1-n1nc2c(c1NC(=O)c1cc(-c3ccccc3)on1)CSC2. The van der Waals surface area contributed by atoms with Gasteiger partial charge in [-0.05, 0) is 18.6 Å². The van der Waals surface area contributed by atoms with Gasteiger partial charge in [0.25, 0.3) is 5.91 Å².